The van der Waals surface area contributed by atoms with E-state index in [0.717, 1.165) is 5.69 Å². The molecule has 1 fully saturated rings. The van der Waals surface area contributed by atoms with Crippen LogP contribution in [0, 0.1) is 5.92 Å². The molecule has 0 radical (unpaired) electrons. The van der Waals surface area contributed by atoms with Crippen molar-refractivity contribution in [3.8, 4) is 0 Å². The molecule has 0 atom stereocenters. The molecule has 0 amide bonds. The molecule has 1 aromatic carbocycles. The van der Waals surface area contributed by atoms with Crippen molar-refractivity contribution in [2.75, 3.05) is 25.1 Å². The fraction of sp³-hybridized carbons (Fsp3) is 0.412. The van der Waals surface area contributed by atoms with Crippen LogP contribution in [0.5, 0.6) is 0 Å². The van der Waals surface area contributed by atoms with E-state index in [1.165, 1.54) is 7.11 Å². The van der Waals surface area contributed by atoms with Crippen molar-refractivity contribution < 1.29 is 22.7 Å². The van der Waals surface area contributed by atoms with E-state index < -0.39 is 18.6 Å². The number of halogens is 3. The smallest absolute Gasteiger partial charge is 0.389 e. The van der Waals surface area contributed by atoms with Gasteiger partial charge in [-0.15, -0.1) is 0 Å². The zero-order valence-electron chi connectivity index (χ0n) is 13.1. The van der Waals surface area contributed by atoms with Gasteiger partial charge in [-0.05, 0) is 36.6 Å². The van der Waals surface area contributed by atoms with Crippen LogP contribution in [0.4, 0.5) is 18.9 Å². The second kappa shape index (κ2) is 6.30. The molecule has 0 aliphatic carbocycles. The Bertz CT molecular complexity index is 755. The topological polar surface area (TPSA) is 42.4 Å². The number of carbonyl (C=O) groups excluding carboxylic acids is 1. The van der Waals surface area contributed by atoms with Crippen LogP contribution in [0.1, 0.15) is 23.2 Å². The monoisotopic (exact) mass is 338 g/mol. The SMILES string of the molecule is COC(=O)c1ccnc2ccc(N3CC(CCC(F)(F)F)C3)cc12. The lowest BCUT2D eigenvalue weighted by molar-refractivity contribution is -0.138. The standard InChI is InChI=1S/C17H17F3N2O2/c1-24-16(23)13-5-7-21-15-3-2-12(8-14(13)15)22-9-11(10-22)4-6-17(18,19)20/h2-3,5,7-8,11H,4,6,9-10H2,1H3. The minimum atomic E-state index is -4.09. The molecular formula is C17H17F3N2O2. The lowest BCUT2D eigenvalue weighted by atomic mass is 9.93. The van der Waals surface area contributed by atoms with Crippen molar-refractivity contribution in [3.63, 3.8) is 0 Å². The maximum absolute atomic E-state index is 12.3. The van der Waals surface area contributed by atoms with Crippen molar-refractivity contribution in [2.45, 2.75) is 19.0 Å². The molecule has 3 rings (SSSR count). The van der Waals surface area contributed by atoms with Crippen molar-refractivity contribution in [2.24, 2.45) is 5.92 Å². The number of benzene rings is 1. The van der Waals surface area contributed by atoms with Gasteiger partial charge in [0.2, 0.25) is 0 Å². The average Bonchev–Trinajstić information content (AvgIpc) is 2.50. The Hall–Kier alpha value is -2.31. The highest BCUT2D eigenvalue weighted by atomic mass is 19.4. The molecule has 24 heavy (non-hydrogen) atoms. The minimum Gasteiger partial charge on any atom is -0.465 e. The summed E-state index contributed by atoms with van der Waals surface area (Å²) < 4.78 is 41.6. The molecular weight excluding hydrogens is 321 g/mol. The number of hydrogen-bond acceptors (Lipinski definition) is 4. The average molecular weight is 338 g/mol. The Morgan fingerprint density at radius 3 is 2.75 bits per heavy atom. The van der Waals surface area contributed by atoms with Gasteiger partial charge >= 0.3 is 12.1 Å². The van der Waals surface area contributed by atoms with Gasteiger partial charge in [-0.1, -0.05) is 0 Å². The zero-order chi connectivity index (χ0) is 17.3. The summed E-state index contributed by atoms with van der Waals surface area (Å²) in [6.45, 7) is 1.19. The van der Waals surface area contributed by atoms with Crippen molar-refractivity contribution in [3.05, 3.63) is 36.0 Å². The second-order valence-corrected chi connectivity index (χ2v) is 5.98. The molecule has 1 aliphatic heterocycles. The van der Waals surface area contributed by atoms with Crippen LogP contribution in [0.2, 0.25) is 0 Å². The van der Waals surface area contributed by atoms with E-state index in [0.29, 0.717) is 29.6 Å². The van der Waals surface area contributed by atoms with Crippen LogP contribution in [0.15, 0.2) is 30.5 Å². The highest BCUT2D eigenvalue weighted by Gasteiger charge is 2.33. The van der Waals surface area contributed by atoms with Crippen molar-refractivity contribution >= 4 is 22.6 Å². The fourth-order valence-corrected chi connectivity index (χ4v) is 2.95. The number of methoxy groups -OCH3 is 1. The van der Waals surface area contributed by atoms with E-state index in [-0.39, 0.29) is 12.3 Å². The quantitative estimate of drug-likeness (QED) is 0.795. The number of rotatable bonds is 4. The third-order valence-corrected chi connectivity index (χ3v) is 4.29. The van der Waals surface area contributed by atoms with Gasteiger partial charge in [-0.3, -0.25) is 4.98 Å². The number of hydrogen-bond donors (Lipinski definition) is 0. The summed E-state index contributed by atoms with van der Waals surface area (Å²) in [5.74, 6) is -0.387. The summed E-state index contributed by atoms with van der Waals surface area (Å²) in [6.07, 6.45) is -3.13. The number of ether oxygens (including phenoxy) is 1. The summed E-state index contributed by atoms with van der Waals surface area (Å²) in [7, 11) is 1.32. The Labute approximate surface area is 137 Å². The summed E-state index contributed by atoms with van der Waals surface area (Å²) in [5.41, 5.74) is 1.98. The normalized spacial score (nSPS) is 15.4. The van der Waals surface area contributed by atoms with Crippen molar-refractivity contribution in [1.29, 1.82) is 0 Å². The van der Waals surface area contributed by atoms with Gasteiger partial charge in [0, 0.05) is 36.8 Å². The molecule has 0 saturated carbocycles. The molecule has 1 aromatic heterocycles. The van der Waals surface area contributed by atoms with Gasteiger partial charge in [-0.25, -0.2) is 4.79 Å². The Morgan fingerprint density at radius 1 is 1.33 bits per heavy atom. The first-order valence-electron chi connectivity index (χ1n) is 7.66. The van der Waals surface area contributed by atoms with E-state index in [1.807, 2.05) is 17.0 Å². The summed E-state index contributed by atoms with van der Waals surface area (Å²) >= 11 is 0. The van der Waals surface area contributed by atoms with Gasteiger partial charge in [0.05, 0.1) is 18.2 Å². The van der Waals surface area contributed by atoms with E-state index in [9.17, 15) is 18.0 Å². The first-order valence-corrected chi connectivity index (χ1v) is 7.66. The maximum Gasteiger partial charge on any atom is 0.389 e. The first kappa shape index (κ1) is 16.5. The third kappa shape index (κ3) is 3.44. The molecule has 2 heterocycles. The van der Waals surface area contributed by atoms with Crippen LogP contribution < -0.4 is 4.90 Å². The number of fused-ring (bicyclic) bond motifs is 1. The van der Waals surface area contributed by atoms with E-state index in [4.69, 9.17) is 4.74 Å². The van der Waals surface area contributed by atoms with Gasteiger partial charge in [0.1, 0.15) is 0 Å². The zero-order valence-corrected chi connectivity index (χ0v) is 13.1. The maximum atomic E-state index is 12.3. The van der Waals surface area contributed by atoms with E-state index >= 15 is 0 Å². The number of anilines is 1. The minimum absolute atomic E-state index is 0.0521. The summed E-state index contributed by atoms with van der Waals surface area (Å²) in [4.78, 5) is 18.1. The highest BCUT2D eigenvalue weighted by molar-refractivity contribution is 6.04. The Kier molecular flexibility index (Phi) is 4.34. The molecule has 7 heteroatoms. The predicted octanol–water partition coefficient (Wildman–Crippen LogP) is 3.80. The number of carbonyl (C=O) groups is 1. The van der Waals surface area contributed by atoms with Gasteiger partial charge in [0.25, 0.3) is 0 Å². The van der Waals surface area contributed by atoms with Crippen LogP contribution >= 0.6 is 0 Å². The summed E-state index contributed by atoms with van der Waals surface area (Å²) in [5, 5.41) is 0.681. The molecule has 0 unspecified atom stereocenters. The van der Waals surface area contributed by atoms with Gasteiger partial charge in [0.15, 0.2) is 0 Å². The van der Waals surface area contributed by atoms with Crippen LogP contribution in [0.25, 0.3) is 10.9 Å². The van der Waals surface area contributed by atoms with E-state index in [1.54, 1.807) is 18.3 Å². The molecule has 1 saturated heterocycles. The predicted molar refractivity (Wildman–Crippen MR) is 84.1 cm³/mol. The second-order valence-electron chi connectivity index (χ2n) is 5.98. The Balaban J connectivity index is 1.74. The summed E-state index contributed by atoms with van der Waals surface area (Å²) in [6, 6.07) is 7.12. The molecule has 0 bridgehead atoms. The number of pyridine rings is 1. The van der Waals surface area contributed by atoms with E-state index in [2.05, 4.69) is 4.98 Å². The molecule has 1 aliphatic rings. The Morgan fingerprint density at radius 2 is 2.08 bits per heavy atom. The number of esters is 1. The van der Waals surface area contributed by atoms with Crippen molar-refractivity contribution in [1.82, 2.24) is 4.98 Å². The van der Waals surface area contributed by atoms with Gasteiger partial charge < -0.3 is 9.64 Å². The van der Waals surface area contributed by atoms with Crippen LogP contribution in [-0.2, 0) is 4.74 Å². The van der Waals surface area contributed by atoms with Crippen LogP contribution in [-0.4, -0.2) is 37.3 Å². The molecule has 4 nitrogen and oxygen atoms in total. The number of aromatic nitrogens is 1. The number of alkyl halides is 3. The molecule has 0 N–H and O–H groups in total. The molecule has 0 spiro atoms. The first-order chi connectivity index (χ1) is 11.4. The largest absolute Gasteiger partial charge is 0.465 e. The molecule has 2 aromatic rings. The number of nitrogens with zero attached hydrogens (tertiary/aromatic N) is 2. The molecule has 128 valence electrons. The highest BCUT2D eigenvalue weighted by Crippen LogP contribution is 2.33. The lowest BCUT2D eigenvalue weighted by Gasteiger charge is -2.41. The fourth-order valence-electron chi connectivity index (χ4n) is 2.95. The van der Waals surface area contributed by atoms with Crippen LogP contribution in [0.3, 0.4) is 0 Å². The lowest BCUT2D eigenvalue weighted by Crippen LogP contribution is -2.47. The third-order valence-electron chi connectivity index (χ3n) is 4.29. The van der Waals surface area contributed by atoms with Gasteiger partial charge in [-0.2, -0.15) is 13.2 Å².